The van der Waals surface area contributed by atoms with Crippen molar-refractivity contribution in [2.75, 3.05) is 25.2 Å². The van der Waals surface area contributed by atoms with E-state index in [1.54, 1.807) is 24.1 Å². The van der Waals surface area contributed by atoms with Gasteiger partial charge in [0.05, 0.1) is 37.9 Å². The molecule has 0 bridgehead atoms. The summed E-state index contributed by atoms with van der Waals surface area (Å²) in [7, 11) is 1.61. The van der Waals surface area contributed by atoms with E-state index in [9.17, 15) is 44.3 Å². The zero-order valence-electron chi connectivity index (χ0n) is 34.9. The molecule has 3 aromatic rings. The van der Waals surface area contributed by atoms with Crippen molar-refractivity contribution in [3.05, 3.63) is 95.3 Å². The van der Waals surface area contributed by atoms with Gasteiger partial charge in [0.1, 0.15) is 29.9 Å². The maximum atomic E-state index is 13.3. The predicted octanol–water partition coefficient (Wildman–Crippen LogP) is 5.38. The number of aliphatic hydroxyl groups excluding tert-OH is 6. The van der Waals surface area contributed by atoms with Crippen molar-refractivity contribution in [1.82, 2.24) is 10.6 Å². The van der Waals surface area contributed by atoms with Crippen molar-refractivity contribution in [1.29, 1.82) is 0 Å². The number of nitrogens with zero attached hydrogens (tertiary/aromatic N) is 1. The van der Waals surface area contributed by atoms with Crippen LogP contribution in [0, 0.1) is 11.7 Å². The summed E-state index contributed by atoms with van der Waals surface area (Å²) in [5, 5.41) is 62.5. The van der Waals surface area contributed by atoms with Crippen LogP contribution in [0.5, 0.6) is 5.75 Å². The van der Waals surface area contributed by atoms with Gasteiger partial charge in [-0.15, -0.1) is 24.0 Å². The second-order valence-corrected chi connectivity index (χ2v) is 14.9. The lowest BCUT2D eigenvalue weighted by Gasteiger charge is -2.48. The average molecular weight is 954 g/mol. The number of carbonyl (C=O) groups is 3. The number of carbonyl (C=O) groups excluding carboxylic acids is 3. The van der Waals surface area contributed by atoms with Crippen LogP contribution in [-0.2, 0) is 20.9 Å². The van der Waals surface area contributed by atoms with Crippen LogP contribution < -0.4 is 20.3 Å². The van der Waals surface area contributed by atoms with Gasteiger partial charge < -0.3 is 50.9 Å². The molecule has 4 rings (SSSR count). The van der Waals surface area contributed by atoms with Crippen LogP contribution >= 0.6 is 24.0 Å². The number of benzene rings is 3. The number of hydrogen-bond donors (Lipinski definition) is 8. The summed E-state index contributed by atoms with van der Waals surface area (Å²) >= 11 is 0. The minimum atomic E-state index is -1.67. The van der Waals surface area contributed by atoms with E-state index in [0.717, 1.165) is 41.8 Å². The SMILES string of the molecule is CCC(=O)NCc1ccc(N2C(=O)[C@H](CC[C@H](O)c3ccc(F)cc3)[C@H]2c2ccc(OC)cc2)cc1.CCCCCCCCCC(=O)NC[C@H](O)[C@@H](O)[C@H](O)[C@H](O)CO.I. The molecule has 13 nitrogen and oxygen atoms in total. The molecule has 0 aromatic heterocycles. The molecule has 334 valence electrons. The van der Waals surface area contributed by atoms with Gasteiger partial charge in [0.15, 0.2) is 0 Å². The van der Waals surface area contributed by atoms with E-state index in [0.29, 0.717) is 37.8 Å². The third-order valence-corrected chi connectivity index (χ3v) is 10.5. The van der Waals surface area contributed by atoms with Gasteiger partial charge in [0.25, 0.3) is 0 Å². The average Bonchev–Trinajstić information content (AvgIpc) is 3.26. The Kier molecular flexibility index (Phi) is 24.5. The van der Waals surface area contributed by atoms with Crippen LogP contribution in [0.1, 0.15) is 113 Å². The number of nitrogens with one attached hydrogen (secondary N) is 2. The first-order valence-corrected chi connectivity index (χ1v) is 20.7. The highest BCUT2D eigenvalue weighted by Crippen LogP contribution is 2.46. The van der Waals surface area contributed by atoms with E-state index in [2.05, 4.69) is 17.6 Å². The van der Waals surface area contributed by atoms with Crippen molar-refractivity contribution in [3.8, 4) is 5.75 Å². The first-order chi connectivity index (χ1) is 28.3. The highest BCUT2D eigenvalue weighted by molar-refractivity contribution is 14.0. The van der Waals surface area contributed by atoms with Crippen LogP contribution in [0.3, 0.4) is 0 Å². The summed E-state index contributed by atoms with van der Waals surface area (Å²) in [6, 6.07) is 20.9. The first-order valence-electron chi connectivity index (χ1n) is 20.7. The number of amides is 3. The normalized spacial score (nSPS) is 17.1. The quantitative estimate of drug-likeness (QED) is 0.0327. The molecular formula is C45H65FIN3O10. The molecule has 1 aliphatic heterocycles. The smallest absolute Gasteiger partial charge is 0.233 e. The summed E-state index contributed by atoms with van der Waals surface area (Å²) in [6.07, 6.45) is 2.38. The molecule has 60 heavy (non-hydrogen) atoms. The van der Waals surface area contributed by atoms with E-state index in [4.69, 9.17) is 9.84 Å². The molecular weight excluding hydrogens is 888 g/mol. The summed E-state index contributed by atoms with van der Waals surface area (Å²) in [4.78, 5) is 38.3. The van der Waals surface area contributed by atoms with E-state index in [-0.39, 0.29) is 66.0 Å². The fraction of sp³-hybridized carbons (Fsp3) is 0.533. The van der Waals surface area contributed by atoms with Crippen molar-refractivity contribution in [2.45, 2.75) is 128 Å². The highest BCUT2D eigenvalue weighted by atomic mass is 127. The molecule has 3 aromatic carbocycles. The topological polar surface area (TPSA) is 209 Å². The second kappa shape index (κ2) is 28.0. The number of unbranched alkanes of at least 4 members (excludes halogenated alkanes) is 6. The van der Waals surface area contributed by atoms with Crippen molar-refractivity contribution in [3.63, 3.8) is 0 Å². The molecule has 7 atom stereocenters. The molecule has 0 radical (unpaired) electrons. The molecule has 3 amide bonds. The van der Waals surface area contributed by atoms with Gasteiger partial charge in [-0.3, -0.25) is 14.4 Å². The predicted molar refractivity (Wildman–Crippen MR) is 238 cm³/mol. The standard InChI is InChI=1S/C29H31FN2O4.C16H33NO6.HI/c1-3-27(34)31-18-19-4-12-23(13-5-19)32-28(21-8-14-24(36-2)15-9-21)25(29(32)35)16-17-26(33)20-6-10-22(30)11-7-20;1-2-3-4-5-6-7-8-9-14(21)17-10-12(19)15(22)16(23)13(20)11-18;/h4-15,25-26,28,33H,3,16-18H2,1-2H3,(H,31,34);12-13,15-16,18-20,22-23H,2-11H2,1H3,(H,17,21);1H/t25-,26+,28-;12-,13+,15+,16+;/m10./s1. The molecule has 15 heteroatoms. The molecule has 1 heterocycles. The summed E-state index contributed by atoms with van der Waals surface area (Å²) in [6.45, 7) is 3.47. The molecule has 1 aliphatic rings. The molecule has 1 saturated heterocycles. The van der Waals surface area contributed by atoms with Gasteiger partial charge in [0, 0.05) is 31.6 Å². The van der Waals surface area contributed by atoms with Gasteiger partial charge in [-0.2, -0.15) is 0 Å². The van der Waals surface area contributed by atoms with Crippen LogP contribution in [0.2, 0.25) is 0 Å². The largest absolute Gasteiger partial charge is 0.497 e. The van der Waals surface area contributed by atoms with Crippen molar-refractivity contribution < 1.29 is 54.2 Å². The van der Waals surface area contributed by atoms with Gasteiger partial charge >= 0.3 is 0 Å². The number of methoxy groups -OCH3 is 1. The lowest BCUT2D eigenvalue weighted by molar-refractivity contribution is -0.131. The van der Waals surface area contributed by atoms with E-state index in [1.165, 1.54) is 37.8 Å². The number of hydrogen-bond acceptors (Lipinski definition) is 10. The molecule has 0 unspecified atom stereocenters. The number of halogens is 2. The Balaban J connectivity index is 0.000000451. The van der Waals surface area contributed by atoms with Crippen LogP contribution in [-0.4, -0.2) is 93.0 Å². The zero-order chi connectivity index (χ0) is 43.3. The van der Waals surface area contributed by atoms with Crippen molar-refractivity contribution >= 4 is 47.4 Å². The van der Waals surface area contributed by atoms with Gasteiger partial charge in [-0.25, -0.2) is 4.39 Å². The van der Waals surface area contributed by atoms with Gasteiger partial charge in [-0.05, 0) is 72.4 Å². The lowest BCUT2D eigenvalue weighted by atomic mass is 9.78. The second-order valence-electron chi connectivity index (χ2n) is 14.9. The Hall–Kier alpha value is -3.71. The fourth-order valence-corrected chi connectivity index (χ4v) is 6.82. The Bertz CT molecular complexity index is 1690. The third kappa shape index (κ3) is 16.6. The van der Waals surface area contributed by atoms with E-state index >= 15 is 0 Å². The Morgan fingerprint density at radius 2 is 1.38 bits per heavy atom. The summed E-state index contributed by atoms with van der Waals surface area (Å²) in [5.41, 5.74) is 3.35. The fourth-order valence-electron chi connectivity index (χ4n) is 6.82. The summed E-state index contributed by atoms with van der Waals surface area (Å²) in [5.74, 6) is -0.151. The Morgan fingerprint density at radius 3 is 1.97 bits per heavy atom. The monoisotopic (exact) mass is 953 g/mol. The molecule has 0 saturated carbocycles. The number of β-lactam (4-membered cyclic amide) rings is 1. The number of aliphatic hydroxyl groups is 6. The third-order valence-electron chi connectivity index (χ3n) is 10.5. The Morgan fingerprint density at radius 1 is 0.783 bits per heavy atom. The van der Waals surface area contributed by atoms with Gasteiger partial charge in [0.2, 0.25) is 17.7 Å². The van der Waals surface area contributed by atoms with E-state index in [1.807, 2.05) is 55.5 Å². The first kappa shape index (κ1) is 52.4. The van der Waals surface area contributed by atoms with Crippen LogP contribution in [0.25, 0.3) is 0 Å². The number of anilines is 1. The van der Waals surface area contributed by atoms with Gasteiger partial charge in [-0.1, -0.05) is 88.8 Å². The maximum absolute atomic E-state index is 13.3. The summed E-state index contributed by atoms with van der Waals surface area (Å²) < 4.78 is 18.5. The Labute approximate surface area is 370 Å². The number of rotatable bonds is 24. The molecule has 0 aliphatic carbocycles. The van der Waals surface area contributed by atoms with Crippen LogP contribution in [0.4, 0.5) is 10.1 Å². The zero-order valence-corrected chi connectivity index (χ0v) is 37.2. The molecule has 8 N–H and O–H groups in total. The van der Waals surface area contributed by atoms with Crippen molar-refractivity contribution in [2.24, 2.45) is 5.92 Å². The minimum Gasteiger partial charge on any atom is -0.497 e. The highest BCUT2D eigenvalue weighted by Gasteiger charge is 2.48. The molecule has 1 fully saturated rings. The maximum Gasteiger partial charge on any atom is 0.233 e. The molecule has 0 spiro atoms. The lowest BCUT2D eigenvalue weighted by Crippen LogP contribution is -2.55. The minimum absolute atomic E-state index is 0. The van der Waals surface area contributed by atoms with Crippen LogP contribution in [0.15, 0.2) is 72.8 Å². The van der Waals surface area contributed by atoms with E-state index < -0.39 is 37.1 Å². The number of ether oxygens (including phenoxy) is 1.